The lowest BCUT2D eigenvalue weighted by Crippen LogP contribution is -2.46. The summed E-state index contributed by atoms with van der Waals surface area (Å²) < 4.78 is 5.30. The topological polar surface area (TPSA) is 79.5 Å². The van der Waals surface area contributed by atoms with Crippen LogP contribution in [0.15, 0.2) is 0 Å². The molecule has 0 aliphatic heterocycles. The zero-order chi connectivity index (χ0) is 17.5. The van der Waals surface area contributed by atoms with Crippen LogP contribution >= 0.6 is 0 Å². The minimum absolute atomic E-state index is 0.0757. The highest BCUT2D eigenvalue weighted by Crippen LogP contribution is 2.19. The van der Waals surface area contributed by atoms with Gasteiger partial charge in [-0.2, -0.15) is 0 Å². The molecule has 1 fully saturated rings. The highest BCUT2D eigenvalue weighted by Gasteiger charge is 2.25. The largest absolute Gasteiger partial charge is 0.444 e. The molecule has 0 saturated heterocycles. The maximum Gasteiger partial charge on any atom is 0.407 e. The zero-order valence-corrected chi connectivity index (χ0v) is 15.2. The van der Waals surface area contributed by atoms with Gasteiger partial charge in [-0.05, 0) is 60.3 Å². The Kier molecular flexibility index (Phi) is 7.82. The van der Waals surface area contributed by atoms with Gasteiger partial charge in [-0.15, -0.1) is 0 Å². The lowest BCUT2D eigenvalue weighted by Gasteiger charge is -2.31. The third-order valence-corrected chi connectivity index (χ3v) is 3.63. The Balaban J connectivity index is 2.26. The monoisotopic (exact) mass is 327 g/mol. The van der Waals surface area contributed by atoms with Crippen LogP contribution in [0.25, 0.3) is 0 Å². The van der Waals surface area contributed by atoms with E-state index in [1.807, 2.05) is 34.6 Å². The molecule has 3 N–H and O–H groups in total. The summed E-state index contributed by atoms with van der Waals surface area (Å²) in [5.41, 5.74) is -0.472. The van der Waals surface area contributed by atoms with E-state index in [1.54, 1.807) is 0 Å². The van der Waals surface area contributed by atoms with Gasteiger partial charge in [-0.1, -0.05) is 0 Å². The van der Waals surface area contributed by atoms with E-state index >= 15 is 0 Å². The van der Waals surface area contributed by atoms with Crippen molar-refractivity contribution < 1.29 is 14.3 Å². The van der Waals surface area contributed by atoms with E-state index in [2.05, 4.69) is 16.0 Å². The number of rotatable bonds is 6. The Morgan fingerprint density at radius 1 is 1.17 bits per heavy atom. The molecule has 1 aliphatic rings. The van der Waals surface area contributed by atoms with Crippen LogP contribution in [0.1, 0.15) is 66.7 Å². The van der Waals surface area contributed by atoms with Crippen molar-refractivity contribution in [1.82, 2.24) is 16.0 Å². The number of nitrogens with one attached hydrogen (secondary N) is 3. The zero-order valence-electron chi connectivity index (χ0n) is 15.2. The molecule has 2 unspecified atom stereocenters. The first kappa shape index (κ1) is 19.7. The van der Waals surface area contributed by atoms with Crippen LogP contribution in [0.2, 0.25) is 0 Å². The average Bonchev–Trinajstić information content (AvgIpc) is 2.35. The molecule has 23 heavy (non-hydrogen) atoms. The maximum atomic E-state index is 11.8. The Hall–Kier alpha value is -1.30. The van der Waals surface area contributed by atoms with Gasteiger partial charge in [0.15, 0.2) is 0 Å². The van der Waals surface area contributed by atoms with Gasteiger partial charge in [0.2, 0.25) is 5.91 Å². The third-order valence-electron chi connectivity index (χ3n) is 3.63. The second-order valence-electron chi connectivity index (χ2n) is 7.63. The number of carbonyl (C=O) groups excluding carboxylic acids is 2. The van der Waals surface area contributed by atoms with E-state index in [9.17, 15) is 9.59 Å². The summed E-state index contributed by atoms with van der Waals surface area (Å²) in [5, 5.41) is 9.26. The standard InChI is InChI=1S/C17H33N3O3/c1-12(2)19-15(21)9-10-18-13-7-6-8-14(11-13)20-16(22)23-17(3,4)5/h12-14,18H,6-11H2,1-5H3,(H,19,21)(H,20,22). The van der Waals surface area contributed by atoms with Crippen LogP contribution in [-0.2, 0) is 9.53 Å². The van der Waals surface area contributed by atoms with Gasteiger partial charge in [-0.3, -0.25) is 4.79 Å². The minimum atomic E-state index is -0.472. The number of ether oxygens (including phenoxy) is 1. The molecule has 6 heteroatoms. The Morgan fingerprint density at radius 3 is 2.43 bits per heavy atom. The summed E-state index contributed by atoms with van der Waals surface area (Å²) in [4.78, 5) is 23.4. The molecule has 1 saturated carbocycles. The smallest absolute Gasteiger partial charge is 0.407 e. The molecule has 2 atom stereocenters. The molecule has 0 aromatic rings. The van der Waals surface area contributed by atoms with E-state index in [4.69, 9.17) is 4.74 Å². The number of amides is 2. The fraction of sp³-hybridized carbons (Fsp3) is 0.882. The van der Waals surface area contributed by atoms with Crippen molar-refractivity contribution in [3.05, 3.63) is 0 Å². The Labute approximate surface area is 140 Å². The van der Waals surface area contributed by atoms with Crippen molar-refractivity contribution in [3.8, 4) is 0 Å². The molecule has 0 heterocycles. The molecule has 1 rings (SSSR count). The van der Waals surface area contributed by atoms with Gasteiger partial charge in [0, 0.05) is 31.1 Å². The van der Waals surface area contributed by atoms with Gasteiger partial charge in [0.05, 0.1) is 0 Å². The summed E-state index contributed by atoms with van der Waals surface area (Å²) in [7, 11) is 0. The molecule has 6 nitrogen and oxygen atoms in total. The maximum absolute atomic E-state index is 11.8. The van der Waals surface area contributed by atoms with Gasteiger partial charge >= 0.3 is 6.09 Å². The van der Waals surface area contributed by atoms with Crippen LogP contribution in [0.5, 0.6) is 0 Å². The first-order chi connectivity index (χ1) is 10.7. The minimum Gasteiger partial charge on any atom is -0.444 e. The molecule has 2 amide bonds. The van der Waals surface area contributed by atoms with E-state index in [0.717, 1.165) is 25.7 Å². The molecule has 0 bridgehead atoms. The fourth-order valence-electron chi connectivity index (χ4n) is 2.76. The van der Waals surface area contributed by atoms with Crippen LogP contribution < -0.4 is 16.0 Å². The molecule has 1 aliphatic carbocycles. The fourth-order valence-corrected chi connectivity index (χ4v) is 2.76. The van der Waals surface area contributed by atoms with Crippen molar-refractivity contribution in [1.29, 1.82) is 0 Å². The van der Waals surface area contributed by atoms with Gasteiger partial charge in [0.1, 0.15) is 5.60 Å². The van der Waals surface area contributed by atoms with E-state index in [0.29, 0.717) is 19.0 Å². The van der Waals surface area contributed by atoms with Crippen molar-refractivity contribution in [2.24, 2.45) is 0 Å². The normalized spacial score (nSPS) is 21.8. The van der Waals surface area contributed by atoms with Crippen molar-refractivity contribution in [2.75, 3.05) is 6.54 Å². The summed E-state index contributed by atoms with van der Waals surface area (Å²) in [6.07, 6.45) is 4.14. The Bertz CT molecular complexity index is 391. The number of hydrogen-bond donors (Lipinski definition) is 3. The predicted octanol–water partition coefficient (Wildman–Crippen LogP) is 2.33. The van der Waals surface area contributed by atoms with Crippen LogP contribution in [0.4, 0.5) is 4.79 Å². The van der Waals surface area contributed by atoms with Crippen molar-refractivity contribution >= 4 is 12.0 Å². The summed E-state index contributed by atoms with van der Waals surface area (Å²) >= 11 is 0. The first-order valence-electron chi connectivity index (χ1n) is 8.68. The molecule has 0 aromatic carbocycles. The molecule has 0 radical (unpaired) electrons. The second kappa shape index (κ2) is 9.11. The number of hydrogen-bond acceptors (Lipinski definition) is 4. The molecule has 0 aromatic heterocycles. The molecular weight excluding hydrogens is 294 g/mol. The van der Waals surface area contributed by atoms with E-state index < -0.39 is 5.60 Å². The average molecular weight is 327 g/mol. The predicted molar refractivity (Wildman–Crippen MR) is 91.3 cm³/mol. The summed E-state index contributed by atoms with van der Waals surface area (Å²) in [5.74, 6) is 0.0757. The number of alkyl carbamates (subject to hydrolysis) is 1. The lowest BCUT2D eigenvalue weighted by atomic mass is 9.91. The Morgan fingerprint density at radius 2 is 1.83 bits per heavy atom. The van der Waals surface area contributed by atoms with Gasteiger partial charge in [0.25, 0.3) is 0 Å². The number of carbonyl (C=O) groups is 2. The van der Waals surface area contributed by atoms with Crippen LogP contribution in [-0.4, -0.2) is 42.3 Å². The molecule has 0 spiro atoms. The van der Waals surface area contributed by atoms with Gasteiger partial charge < -0.3 is 20.7 Å². The second-order valence-corrected chi connectivity index (χ2v) is 7.63. The molecular formula is C17H33N3O3. The highest BCUT2D eigenvalue weighted by atomic mass is 16.6. The van der Waals surface area contributed by atoms with Crippen LogP contribution in [0.3, 0.4) is 0 Å². The van der Waals surface area contributed by atoms with E-state index in [-0.39, 0.29) is 24.1 Å². The SMILES string of the molecule is CC(C)NC(=O)CCNC1CCCC(NC(=O)OC(C)(C)C)C1. The van der Waals surface area contributed by atoms with Crippen LogP contribution in [0, 0.1) is 0 Å². The first-order valence-corrected chi connectivity index (χ1v) is 8.68. The van der Waals surface area contributed by atoms with Gasteiger partial charge in [-0.25, -0.2) is 4.79 Å². The highest BCUT2D eigenvalue weighted by molar-refractivity contribution is 5.76. The summed E-state index contributed by atoms with van der Waals surface area (Å²) in [6, 6.07) is 0.663. The quantitative estimate of drug-likeness (QED) is 0.699. The molecule has 134 valence electrons. The van der Waals surface area contributed by atoms with Crippen molar-refractivity contribution in [3.63, 3.8) is 0 Å². The summed E-state index contributed by atoms with van der Waals surface area (Å²) in [6.45, 7) is 10.2. The third kappa shape index (κ3) is 9.43. The van der Waals surface area contributed by atoms with Crippen molar-refractivity contribution in [2.45, 2.75) is 90.4 Å². The van der Waals surface area contributed by atoms with E-state index in [1.165, 1.54) is 0 Å². The lowest BCUT2D eigenvalue weighted by molar-refractivity contribution is -0.121.